The lowest BCUT2D eigenvalue weighted by Gasteiger charge is -2.21. The minimum atomic E-state index is 0. The van der Waals surface area contributed by atoms with Gasteiger partial charge in [0.15, 0.2) is 5.96 Å². The van der Waals surface area contributed by atoms with Gasteiger partial charge in [-0.25, -0.2) is 4.99 Å². The van der Waals surface area contributed by atoms with Crippen molar-refractivity contribution in [3.63, 3.8) is 0 Å². The molecule has 1 heterocycles. The normalized spacial score (nSPS) is 17.8. The smallest absolute Gasteiger partial charge is 0.194 e. The van der Waals surface area contributed by atoms with Gasteiger partial charge in [-0.3, -0.25) is 0 Å². The van der Waals surface area contributed by atoms with Gasteiger partial charge < -0.3 is 20.1 Å². The Balaban J connectivity index is 0.00000288. The maximum Gasteiger partial charge on any atom is 0.194 e. The van der Waals surface area contributed by atoms with E-state index in [-0.39, 0.29) is 24.0 Å². The lowest BCUT2D eigenvalue weighted by atomic mass is 10.1. The van der Waals surface area contributed by atoms with Crippen molar-refractivity contribution in [1.82, 2.24) is 10.2 Å². The summed E-state index contributed by atoms with van der Waals surface area (Å²) in [5.74, 6) is 1.93. The summed E-state index contributed by atoms with van der Waals surface area (Å²) >= 11 is 0. The first-order valence-corrected chi connectivity index (χ1v) is 8.36. The quantitative estimate of drug-likeness (QED) is 0.414. The molecule has 1 fully saturated rings. The predicted octanol–water partition coefficient (Wildman–Crippen LogP) is 3.06. The standard InChI is InChI=1S/C18H29N3O2.HI/c1-5-19-18(21-7-6-15(11-21)12-23-4)20-10-16-8-13(2)17(22)14(3)9-16;/h8-9,15,22H,5-7,10-12H2,1-4H3,(H,19,20);1H. The molecule has 2 rings (SSSR count). The number of aryl methyl sites for hydroxylation is 2. The Bertz CT molecular complexity index is 540. The third-order valence-corrected chi connectivity index (χ3v) is 4.28. The van der Waals surface area contributed by atoms with E-state index >= 15 is 0 Å². The minimum absolute atomic E-state index is 0. The highest BCUT2D eigenvalue weighted by molar-refractivity contribution is 14.0. The van der Waals surface area contributed by atoms with E-state index in [0.29, 0.717) is 18.2 Å². The number of aliphatic imine (C=N–C) groups is 1. The zero-order chi connectivity index (χ0) is 16.8. The van der Waals surface area contributed by atoms with E-state index in [9.17, 15) is 5.11 Å². The van der Waals surface area contributed by atoms with Gasteiger partial charge in [0.05, 0.1) is 13.2 Å². The van der Waals surface area contributed by atoms with Gasteiger partial charge in [-0.1, -0.05) is 12.1 Å². The number of phenolic OH excluding ortho intramolecular Hbond substituents is 1. The summed E-state index contributed by atoms with van der Waals surface area (Å²) in [6.07, 6.45) is 1.15. The van der Waals surface area contributed by atoms with Crippen LogP contribution in [0.5, 0.6) is 5.75 Å². The highest BCUT2D eigenvalue weighted by atomic mass is 127. The van der Waals surface area contributed by atoms with Crippen molar-refractivity contribution in [2.75, 3.05) is 33.4 Å². The number of guanidine groups is 1. The number of benzene rings is 1. The van der Waals surface area contributed by atoms with Crippen LogP contribution < -0.4 is 5.32 Å². The Morgan fingerprint density at radius 2 is 2.04 bits per heavy atom. The Morgan fingerprint density at radius 3 is 2.62 bits per heavy atom. The molecule has 1 saturated heterocycles. The van der Waals surface area contributed by atoms with Crippen LogP contribution in [0.4, 0.5) is 0 Å². The Kier molecular flexibility index (Phi) is 8.83. The summed E-state index contributed by atoms with van der Waals surface area (Å²) in [5, 5.41) is 13.3. The summed E-state index contributed by atoms with van der Waals surface area (Å²) in [6.45, 7) is 10.3. The average Bonchev–Trinajstić information content (AvgIpc) is 2.97. The van der Waals surface area contributed by atoms with Gasteiger partial charge in [0.1, 0.15) is 5.75 Å². The molecule has 5 nitrogen and oxygen atoms in total. The van der Waals surface area contributed by atoms with Crippen LogP contribution in [0, 0.1) is 19.8 Å². The van der Waals surface area contributed by atoms with Crippen molar-refractivity contribution < 1.29 is 9.84 Å². The first kappa shape index (κ1) is 21.0. The van der Waals surface area contributed by atoms with Crippen LogP contribution in [-0.2, 0) is 11.3 Å². The fraction of sp³-hybridized carbons (Fsp3) is 0.611. The van der Waals surface area contributed by atoms with Gasteiger partial charge in [0.2, 0.25) is 0 Å². The highest BCUT2D eigenvalue weighted by Gasteiger charge is 2.24. The fourth-order valence-electron chi connectivity index (χ4n) is 3.13. The SMILES string of the molecule is CCNC(=NCc1cc(C)c(O)c(C)c1)N1CCC(COC)C1.I. The molecule has 0 amide bonds. The van der Waals surface area contributed by atoms with Crippen molar-refractivity contribution in [2.24, 2.45) is 10.9 Å². The first-order chi connectivity index (χ1) is 11.0. The van der Waals surface area contributed by atoms with Gasteiger partial charge in [0.25, 0.3) is 0 Å². The minimum Gasteiger partial charge on any atom is -0.507 e. The second-order valence-corrected chi connectivity index (χ2v) is 6.30. The monoisotopic (exact) mass is 447 g/mol. The molecule has 0 saturated carbocycles. The predicted molar refractivity (Wildman–Crippen MR) is 109 cm³/mol. The number of methoxy groups -OCH3 is 1. The molecule has 1 unspecified atom stereocenters. The van der Waals surface area contributed by atoms with Gasteiger partial charge in [-0.05, 0) is 43.9 Å². The molecule has 0 aromatic heterocycles. The summed E-state index contributed by atoms with van der Waals surface area (Å²) in [4.78, 5) is 7.09. The van der Waals surface area contributed by atoms with Crippen molar-refractivity contribution in [1.29, 1.82) is 0 Å². The van der Waals surface area contributed by atoms with E-state index in [4.69, 9.17) is 9.73 Å². The molecule has 6 heteroatoms. The lowest BCUT2D eigenvalue weighted by molar-refractivity contribution is 0.157. The molecule has 0 radical (unpaired) electrons. The van der Waals surface area contributed by atoms with Gasteiger partial charge in [-0.15, -0.1) is 24.0 Å². The summed E-state index contributed by atoms with van der Waals surface area (Å²) < 4.78 is 5.27. The Hall–Kier alpha value is -1.02. The molecule has 1 aromatic rings. The van der Waals surface area contributed by atoms with Gasteiger partial charge in [-0.2, -0.15) is 0 Å². The van der Waals surface area contributed by atoms with Crippen LogP contribution in [0.15, 0.2) is 17.1 Å². The molecular weight excluding hydrogens is 417 g/mol. The van der Waals surface area contributed by atoms with Crippen LogP contribution in [-0.4, -0.2) is 49.3 Å². The Labute approximate surface area is 162 Å². The Morgan fingerprint density at radius 1 is 1.38 bits per heavy atom. The van der Waals surface area contributed by atoms with Crippen LogP contribution >= 0.6 is 24.0 Å². The topological polar surface area (TPSA) is 57.1 Å². The third kappa shape index (κ3) is 5.51. The second kappa shape index (κ2) is 10.1. The van der Waals surface area contributed by atoms with Crippen molar-refractivity contribution >= 4 is 29.9 Å². The molecule has 0 spiro atoms. The zero-order valence-electron chi connectivity index (χ0n) is 15.1. The molecule has 136 valence electrons. The lowest BCUT2D eigenvalue weighted by Crippen LogP contribution is -2.40. The first-order valence-electron chi connectivity index (χ1n) is 8.36. The molecule has 0 aliphatic carbocycles. The van der Waals surface area contributed by atoms with Crippen LogP contribution in [0.3, 0.4) is 0 Å². The molecule has 24 heavy (non-hydrogen) atoms. The largest absolute Gasteiger partial charge is 0.507 e. The number of aromatic hydroxyl groups is 1. The van der Waals surface area contributed by atoms with Crippen molar-refractivity contribution in [2.45, 2.75) is 33.7 Å². The molecule has 1 aliphatic heterocycles. The maximum absolute atomic E-state index is 9.88. The average molecular weight is 447 g/mol. The summed E-state index contributed by atoms with van der Waals surface area (Å²) in [7, 11) is 1.76. The number of nitrogens with zero attached hydrogens (tertiary/aromatic N) is 2. The van der Waals surface area contributed by atoms with Crippen LogP contribution in [0.2, 0.25) is 0 Å². The maximum atomic E-state index is 9.88. The second-order valence-electron chi connectivity index (χ2n) is 6.30. The zero-order valence-corrected chi connectivity index (χ0v) is 17.5. The number of likely N-dealkylation sites (tertiary alicyclic amines) is 1. The van der Waals surface area contributed by atoms with Crippen LogP contribution in [0.25, 0.3) is 0 Å². The van der Waals surface area contributed by atoms with Crippen LogP contribution in [0.1, 0.15) is 30.0 Å². The van der Waals surface area contributed by atoms with Crippen molar-refractivity contribution in [3.8, 4) is 5.75 Å². The number of rotatable bonds is 5. The van der Waals surface area contributed by atoms with Gasteiger partial charge in [0, 0.05) is 32.7 Å². The third-order valence-electron chi connectivity index (χ3n) is 4.28. The van der Waals surface area contributed by atoms with E-state index in [2.05, 4.69) is 17.1 Å². The van der Waals surface area contributed by atoms with E-state index in [1.54, 1.807) is 7.11 Å². The summed E-state index contributed by atoms with van der Waals surface area (Å²) in [6, 6.07) is 4.01. The van der Waals surface area contributed by atoms with E-state index in [0.717, 1.165) is 55.3 Å². The van der Waals surface area contributed by atoms with Gasteiger partial charge >= 0.3 is 0 Å². The molecular formula is C18H30IN3O2. The fourth-order valence-corrected chi connectivity index (χ4v) is 3.13. The number of ether oxygens (including phenoxy) is 1. The van der Waals surface area contributed by atoms with E-state index in [1.807, 2.05) is 26.0 Å². The number of hydrogen-bond donors (Lipinski definition) is 2. The molecule has 2 N–H and O–H groups in total. The summed E-state index contributed by atoms with van der Waals surface area (Å²) in [5.41, 5.74) is 2.93. The molecule has 1 atom stereocenters. The molecule has 1 aliphatic rings. The van der Waals surface area contributed by atoms with Crippen molar-refractivity contribution in [3.05, 3.63) is 28.8 Å². The number of phenols is 1. The molecule has 1 aromatic carbocycles. The van der Waals surface area contributed by atoms with E-state index in [1.165, 1.54) is 0 Å². The number of halogens is 1. The number of hydrogen-bond acceptors (Lipinski definition) is 3. The molecule has 0 bridgehead atoms. The highest BCUT2D eigenvalue weighted by Crippen LogP contribution is 2.23. The van der Waals surface area contributed by atoms with E-state index < -0.39 is 0 Å². The number of nitrogens with one attached hydrogen (secondary N) is 1.